The van der Waals surface area contributed by atoms with Crippen molar-refractivity contribution in [3.63, 3.8) is 0 Å². The Morgan fingerprint density at radius 3 is 2.65 bits per heavy atom. The lowest BCUT2D eigenvalue weighted by molar-refractivity contribution is -0.384. The van der Waals surface area contributed by atoms with Gasteiger partial charge in [-0.15, -0.1) is 0 Å². The average Bonchev–Trinajstić information content (AvgIpc) is 2.83. The summed E-state index contributed by atoms with van der Waals surface area (Å²) in [4.78, 5) is 22.5. The van der Waals surface area contributed by atoms with Gasteiger partial charge < -0.3 is 15.0 Å². The fraction of sp³-hybridized carbons (Fsp3) is 0.615. The standard InChI is InChI=1S/C13H21N3O4/c1-4-10(5-6-17)14-13(18)12-7-11(16(19)20)8-15(12)9(2)3/h7-10,17H,4-6H2,1-3H3,(H,14,18). The number of nitrogens with one attached hydrogen (secondary N) is 1. The van der Waals surface area contributed by atoms with Gasteiger partial charge in [0.1, 0.15) is 5.69 Å². The summed E-state index contributed by atoms with van der Waals surface area (Å²) in [5.74, 6) is -0.355. The molecule has 1 unspecified atom stereocenters. The Morgan fingerprint density at radius 2 is 2.20 bits per heavy atom. The third kappa shape index (κ3) is 3.80. The van der Waals surface area contributed by atoms with Crippen molar-refractivity contribution in [2.45, 2.75) is 45.7 Å². The van der Waals surface area contributed by atoms with Gasteiger partial charge >= 0.3 is 0 Å². The molecule has 7 nitrogen and oxygen atoms in total. The Labute approximate surface area is 117 Å². The maximum Gasteiger partial charge on any atom is 0.287 e. The summed E-state index contributed by atoms with van der Waals surface area (Å²) in [7, 11) is 0. The quantitative estimate of drug-likeness (QED) is 0.589. The predicted octanol–water partition coefficient (Wildman–Crippen LogP) is 1.87. The lowest BCUT2D eigenvalue weighted by atomic mass is 10.1. The van der Waals surface area contributed by atoms with Gasteiger partial charge in [-0.05, 0) is 26.7 Å². The number of hydrogen-bond donors (Lipinski definition) is 2. The number of nitrogens with zero attached hydrogens (tertiary/aromatic N) is 2. The molecule has 0 radical (unpaired) electrons. The highest BCUT2D eigenvalue weighted by Gasteiger charge is 2.22. The van der Waals surface area contributed by atoms with E-state index >= 15 is 0 Å². The van der Waals surface area contributed by atoms with Crippen LogP contribution in [0.15, 0.2) is 12.3 Å². The lowest BCUT2D eigenvalue weighted by Gasteiger charge is -2.17. The molecule has 0 saturated carbocycles. The van der Waals surface area contributed by atoms with Gasteiger partial charge in [0, 0.05) is 24.8 Å². The van der Waals surface area contributed by atoms with Crippen LogP contribution in [0, 0.1) is 10.1 Å². The smallest absolute Gasteiger partial charge is 0.287 e. The van der Waals surface area contributed by atoms with Crippen LogP contribution in [0.1, 0.15) is 50.1 Å². The second-order valence-corrected chi connectivity index (χ2v) is 4.93. The van der Waals surface area contributed by atoms with E-state index < -0.39 is 4.92 Å². The molecule has 112 valence electrons. The summed E-state index contributed by atoms with van der Waals surface area (Å²) >= 11 is 0. The zero-order valence-electron chi connectivity index (χ0n) is 12.0. The van der Waals surface area contributed by atoms with E-state index in [1.165, 1.54) is 12.3 Å². The normalized spacial score (nSPS) is 12.4. The summed E-state index contributed by atoms with van der Waals surface area (Å²) < 4.78 is 1.58. The van der Waals surface area contributed by atoms with E-state index in [0.717, 1.165) is 0 Å². The third-order valence-corrected chi connectivity index (χ3v) is 3.14. The van der Waals surface area contributed by atoms with Crippen molar-refractivity contribution in [2.24, 2.45) is 0 Å². The number of aliphatic hydroxyl groups is 1. The second-order valence-electron chi connectivity index (χ2n) is 4.93. The molecule has 0 aliphatic carbocycles. The molecular weight excluding hydrogens is 262 g/mol. The van der Waals surface area contributed by atoms with Gasteiger partial charge in [0.15, 0.2) is 0 Å². The molecular formula is C13H21N3O4. The number of rotatable bonds is 7. The van der Waals surface area contributed by atoms with Gasteiger partial charge in [-0.2, -0.15) is 0 Å². The first-order chi connectivity index (χ1) is 9.40. The van der Waals surface area contributed by atoms with E-state index in [-0.39, 0.29) is 36.0 Å². The maximum atomic E-state index is 12.2. The molecule has 0 saturated heterocycles. The van der Waals surface area contributed by atoms with E-state index in [1.54, 1.807) is 4.57 Å². The Balaban J connectivity index is 2.99. The number of carbonyl (C=O) groups is 1. The Kier molecular flexibility index (Phi) is 5.69. The number of carbonyl (C=O) groups excluding carboxylic acids is 1. The molecule has 0 aromatic carbocycles. The number of hydrogen-bond acceptors (Lipinski definition) is 4. The monoisotopic (exact) mass is 283 g/mol. The molecule has 2 N–H and O–H groups in total. The van der Waals surface area contributed by atoms with Gasteiger partial charge in [-0.3, -0.25) is 14.9 Å². The van der Waals surface area contributed by atoms with E-state index in [4.69, 9.17) is 5.11 Å². The van der Waals surface area contributed by atoms with E-state index in [2.05, 4.69) is 5.32 Å². The number of aromatic nitrogens is 1. The first kappa shape index (κ1) is 16.2. The van der Waals surface area contributed by atoms with Crippen LogP contribution < -0.4 is 5.32 Å². The minimum Gasteiger partial charge on any atom is -0.396 e. The van der Waals surface area contributed by atoms with Crippen LogP contribution in [0.2, 0.25) is 0 Å². The largest absolute Gasteiger partial charge is 0.396 e. The van der Waals surface area contributed by atoms with Gasteiger partial charge in [0.25, 0.3) is 11.6 Å². The lowest BCUT2D eigenvalue weighted by Crippen LogP contribution is -2.36. The predicted molar refractivity (Wildman–Crippen MR) is 74.7 cm³/mol. The van der Waals surface area contributed by atoms with Crippen LogP contribution >= 0.6 is 0 Å². The van der Waals surface area contributed by atoms with Gasteiger partial charge in [-0.25, -0.2) is 0 Å². The number of nitro groups is 1. The number of aliphatic hydroxyl groups excluding tert-OH is 1. The molecule has 0 bridgehead atoms. The SMILES string of the molecule is CCC(CCO)NC(=O)c1cc([N+](=O)[O-])cn1C(C)C. The van der Waals surface area contributed by atoms with E-state index in [0.29, 0.717) is 12.8 Å². The first-order valence-electron chi connectivity index (χ1n) is 6.68. The molecule has 1 amide bonds. The Bertz CT molecular complexity index is 482. The highest BCUT2D eigenvalue weighted by molar-refractivity contribution is 5.93. The minimum absolute atomic E-state index is 0.00979. The van der Waals surface area contributed by atoms with Crippen molar-refractivity contribution in [2.75, 3.05) is 6.61 Å². The van der Waals surface area contributed by atoms with Crippen LogP contribution in [0.4, 0.5) is 5.69 Å². The topological polar surface area (TPSA) is 97.4 Å². The molecule has 1 rings (SSSR count). The highest BCUT2D eigenvalue weighted by Crippen LogP contribution is 2.20. The molecule has 20 heavy (non-hydrogen) atoms. The van der Waals surface area contributed by atoms with Crippen LogP contribution in [-0.2, 0) is 0 Å². The molecule has 0 aliphatic rings. The fourth-order valence-electron chi connectivity index (χ4n) is 1.97. The Hall–Kier alpha value is -1.89. The molecule has 1 heterocycles. The third-order valence-electron chi connectivity index (χ3n) is 3.14. The average molecular weight is 283 g/mol. The van der Waals surface area contributed by atoms with Crippen LogP contribution in [0.5, 0.6) is 0 Å². The molecule has 1 atom stereocenters. The second kappa shape index (κ2) is 7.04. The molecule has 7 heteroatoms. The number of amides is 1. The first-order valence-corrected chi connectivity index (χ1v) is 6.68. The van der Waals surface area contributed by atoms with E-state index in [9.17, 15) is 14.9 Å². The molecule has 1 aromatic rings. The summed E-state index contributed by atoms with van der Waals surface area (Å²) in [6, 6.07) is 1.09. The summed E-state index contributed by atoms with van der Waals surface area (Å²) in [6.07, 6.45) is 2.52. The van der Waals surface area contributed by atoms with Crippen molar-refractivity contribution >= 4 is 11.6 Å². The molecule has 1 aromatic heterocycles. The van der Waals surface area contributed by atoms with Crippen molar-refractivity contribution in [1.82, 2.24) is 9.88 Å². The highest BCUT2D eigenvalue weighted by atomic mass is 16.6. The zero-order valence-corrected chi connectivity index (χ0v) is 12.0. The Morgan fingerprint density at radius 1 is 1.55 bits per heavy atom. The van der Waals surface area contributed by atoms with Crippen LogP contribution in [0.25, 0.3) is 0 Å². The van der Waals surface area contributed by atoms with Crippen molar-refractivity contribution in [1.29, 1.82) is 0 Å². The fourth-order valence-corrected chi connectivity index (χ4v) is 1.97. The summed E-state index contributed by atoms with van der Waals surface area (Å²) in [6.45, 7) is 5.60. The molecule has 0 fully saturated rings. The van der Waals surface area contributed by atoms with Crippen molar-refractivity contribution in [3.05, 3.63) is 28.1 Å². The minimum atomic E-state index is -0.513. The van der Waals surface area contributed by atoms with Crippen molar-refractivity contribution < 1.29 is 14.8 Å². The van der Waals surface area contributed by atoms with Gasteiger partial charge in [0.05, 0.1) is 11.1 Å². The summed E-state index contributed by atoms with van der Waals surface area (Å²) in [5.41, 5.74) is 0.169. The van der Waals surface area contributed by atoms with Gasteiger partial charge in [0.2, 0.25) is 0 Å². The molecule has 0 aliphatic heterocycles. The van der Waals surface area contributed by atoms with Crippen LogP contribution in [0.3, 0.4) is 0 Å². The van der Waals surface area contributed by atoms with Crippen molar-refractivity contribution in [3.8, 4) is 0 Å². The molecule has 0 spiro atoms. The summed E-state index contributed by atoms with van der Waals surface area (Å²) in [5, 5.41) is 22.5. The van der Waals surface area contributed by atoms with Crippen LogP contribution in [-0.4, -0.2) is 33.2 Å². The van der Waals surface area contributed by atoms with E-state index in [1.807, 2.05) is 20.8 Å². The maximum absolute atomic E-state index is 12.2. The van der Waals surface area contributed by atoms with Gasteiger partial charge in [-0.1, -0.05) is 6.92 Å². The zero-order chi connectivity index (χ0) is 15.3.